The fourth-order valence-electron chi connectivity index (χ4n) is 5.80. The van der Waals surface area contributed by atoms with E-state index in [1.165, 1.54) is 17.8 Å². The Bertz CT molecular complexity index is 1800. The first-order valence-electron chi connectivity index (χ1n) is 16.1. The molecular weight excluding hydrogens is 689 g/mol. The summed E-state index contributed by atoms with van der Waals surface area (Å²) in [5, 5.41) is 4.65. The SMILES string of the molecule is CCCCC1(CCCC)CN(c2ccccc2)c2cc(SC)c(OCC(=O)N[C@@H](C(=O)NCS(=O)(=O)O)c3ccccc3)cc2S(=O)(=O)N1. The maximum absolute atomic E-state index is 14.2. The summed E-state index contributed by atoms with van der Waals surface area (Å²) in [7, 11) is -8.57. The molecule has 4 N–H and O–H groups in total. The van der Waals surface area contributed by atoms with E-state index in [4.69, 9.17) is 9.29 Å². The lowest BCUT2D eigenvalue weighted by molar-refractivity contribution is -0.130. The van der Waals surface area contributed by atoms with Gasteiger partial charge in [-0.15, -0.1) is 11.8 Å². The predicted octanol–water partition coefficient (Wildman–Crippen LogP) is 5.16. The number of carbonyl (C=O) groups is 2. The van der Waals surface area contributed by atoms with Crippen LogP contribution in [0.4, 0.5) is 11.4 Å². The summed E-state index contributed by atoms with van der Waals surface area (Å²) in [6.07, 6.45) is 6.68. The van der Waals surface area contributed by atoms with Gasteiger partial charge in [-0.1, -0.05) is 88.1 Å². The lowest BCUT2D eigenvalue weighted by Gasteiger charge is -2.37. The van der Waals surface area contributed by atoms with Crippen molar-refractivity contribution in [3.8, 4) is 5.75 Å². The number of benzene rings is 3. The average molecular weight is 733 g/mol. The minimum atomic E-state index is -4.51. The highest BCUT2D eigenvalue weighted by Crippen LogP contribution is 2.44. The summed E-state index contributed by atoms with van der Waals surface area (Å²) in [4.78, 5) is 28.7. The number of ether oxygens (including phenoxy) is 1. The Morgan fingerprint density at radius 1 is 1.02 bits per heavy atom. The molecule has 0 aromatic heterocycles. The van der Waals surface area contributed by atoms with Crippen molar-refractivity contribution in [2.45, 2.75) is 73.7 Å². The zero-order valence-corrected chi connectivity index (χ0v) is 30.3. The summed E-state index contributed by atoms with van der Waals surface area (Å²) in [6.45, 7) is 4.02. The third-order valence-electron chi connectivity index (χ3n) is 8.21. The Labute approximate surface area is 293 Å². The number of para-hydroxylation sites is 1. The van der Waals surface area contributed by atoms with Gasteiger partial charge in [0.25, 0.3) is 16.0 Å². The van der Waals surface area contributed by atoms with Gasteiger partial charge in [0.1, 0.15) is 22.6 Å². The van der Waals surface area contributed by atoms with Crippen molar-refractivity contribution in [1.82, 2.24) is 15.4 Å². The largest absolute Gasteiger partial charge is 0.483 e. The van der Waals surface area contributed by atoms with E-state index in [1.807, 2.05) is 41.5 Å². The summed E-state index contributed by atoms with van der Waals surface area (Å²) in [6, 6.07) is 19.7. The summed E-state index contributed by atoms with van der Waals surface area (Å²) >= 11 is 1.33. The van der Waals surface area contributed by atoms with Crippen molar-refractivity contribution in [2.24, 2.45) is 0 Å². The van der Waals surface area contributed by atoms with Gasteiger partial charge in [-0.2, -0.15) is 8.42 Å². The lowest BCUT2D eigenvalue weighted by atomic mass is 9.87. The Morgan fingerprint density at radius 3 is 2.20 bits per heavy atom. The van der Waals surface area contributed by atoms with E-state index in [1.54, 1.807) is 36.4 Å². The number of fused-ring (bicyclic) bond motifs is 1. The fraction of sp³-hybridized carbons (Fsp3) is 0.412. The van der Waals surface area contributed by atoms with Gasteiger partial charge < -0.3 is 20.3 Å². The zero-order valence-electron chi connectivity index (χ0n) is 27.8. The van der Waals surface area contributed by atoms with E-state index in [2.05, 4.69) is 29.2 Å². The minimum absolute atomic E-state index is 0.0196. The van der Waals surface area contributed by atoms with Crippen molar-refractivity contribution in [2.75, 3.05) is 30.2 Å². The molecule has 3 aromatic rings. The normalized spacial score (nSPS) is 15.8. The summed E-state index contributed by atoms with van der Waals surface area (Å²) < 4.78 is 69.0. The third-order valence-corrected chi connectivity index (χ3v) is 11.1. The van der Waals surface area contributed by atoms with Gasteiger partial charge in [0.05, 0.1) is 16.1 Å². The molecule has 4 rings (SSSR count). The van der Waals surface area contributed by atoms with Crippen molar-refractivity contribution < 1.29 is 35.7 Å². The first kappa shape index (κ1) is 38.2. The fourth-order valence-corrected chi connectivity index (χ4v) is 8.33. The number of sulfonamides is 1. The molecule has 0 saturated carbocycles. The summed E-state index contributed by atoms with van der Waals surface area (Å²) in [5.41, 5.74) is 0.989. The van der Waals surface area contributed by atoms with E-state index < -0.39 is 56.0 Å². The number of nitrogens with one attached hydrogen (secondary N) is 3. The Hall–Kier alpha value is -3.63. The van der Waals surface area contributed by atoms with Gasteiger partial charge in [0.2, 0.25) is 15.9 Å². The average Bonchev–Trinajstić information content (AvgIpc) is 3.18. The van der Waals surface area contributed by atoms with Crippen LogP contribution in [0.2, 0.25) is 0 Å². The molecule has 1 heterocycles. The molecule has 1 aliphatic rings. The van der Waals surface area contributed by atoms with E-state index in [-0.39, 0.29) is 10.6 Å². The van der Waals surface area contributed by atoms with Crippen LogP contribution in [0.1, 0.15) is 64.0 Å². The zero-order chi connectivity index (χ0) is 35.7. The van der Waals surface area contributed by atoms with Gasteiger partial charge in [0, 0.05) is 18.3 Å². The Kier molecular flexibility index (Phi) is 13.1. The second kappa shape index (κ2) is 16.9. The van der Waals surface area contributed by atoms with Crippen LogP contribution >= 0.6 is 11.8 Å². The van der Waals surface area contributed by atoms with Gasteiger partial charge in [-0.3, -0.25) is 14.1 Å². The van der Waals surface area contributed by atoms with E-state index in [0.717, 1.165) is 31.4 Å². The van der Waals surface area contributed by atoms with Crippen LogP contribution in [0, 0.1) is 0 Å². The van der Waals surface area contributed by atoms with E-state index in [9.17, 15) is 26.4 Å². The number of hydrogen-bond acceptors (Lipinski definition) is 9. The van der Waals surface area contributed by atoms with Crippen LogP contribution in [0.3, 0.4) is 0 Å². The van der Waals surface area contributed by atoms with Gasteiger partial charge in [-0.05, 0) is 42.9 Å². The highest BCUT2D eigenvalue weighted by molar-refractivity contribution is 7.98. The second-order valence-corrected chi connectivity index (χ2v) is 15.9. The minimum Gasteiger partial charge on any atom is -0.483 e. The van der Waals surface area contributed by atoms with Crippen LogP contribution < -0.4 is 25.0 Å². The molecule has 1 atom stereocenters. The molecule has 49 heavy (non-hydrogen) atoms. The number of thioether (sulfide) groups is 1. The Morgan fingerprint density at radius 2 is 1.63 bits per heavy atom. The van der Waals surface area contributed by atoms with Gasteiger partial charge >= 0.3 is 0 Å². The molecule has 0 unspecified atom stereocenters. The van der Waals surface area contributed by atoms with Crippen molar-refractivity contribution in [1.29, 1.82) is 0 Å². The molecule has 0 bridgehead atoms. The lowest BCUT2D eigenvalue weighted by Crippen LogP contribution is -2.53. The molecule has 0 spiro atoms. The summed E-state index contributed by atoms with van der Waals surface area (Å²) in [5.74, 6) is -2.45. The maximum atomic E-state index is 14.2. The molecule has 266 valence electrons. The van der Waals surface area contributed by atoms with E-state index >= 15 is 0 Å². The quantitative estimate of drug-likeness (QED) is 0.114. The van der Waals surface area contributed by atoms with Crippen molar-refractivity contribution in [3.63, 3.8) is 0 Å². The molecule has 0 saturated heterocycles. The molecule has 2 amide bonds. The molecule has 15 heteroatoms. The standard InChI is InChI=1S/C34H44N4O8S3/c1-4-6-18-34(19-7-5-2)23-38(26-16-12-9-13-17-26)27-20-29(47-3)28(21-30(27)49(44,45)37-34)46-22-31(39)36-32(25-14-10-8-11-15-25)33(40)35-24-48(41,42)43/h8-17,20-21,32,37H,4-7,18-19,22-24H2,1-3H3,(H,35,40)(H,36,39)(H,41,42,43)/t32-/m1/s1. The molecule has 0 radical (unpaired) electrons. The third kappa shape index (κ3) is 10.2. The molecular formula is C34H44N4O8S3. The smallest absolute Gasteiger partial charge is 0.283 e. The highest BCUT2D eigenvalue weighted by Gasteiger charge is 2.42. The number of carbonyl (C=O) groups excluding carboxylic acids is 2. The molecule has 0 aliphatic carbocycles. The van der Waals surface area contributed by atoms with Crippen LogP contribution in [0.5, 0.6) is 5.75 Å². The predicted molar refractivity (Wildman–Crippen MR) is 191 cm³/mol. The van der Waals surface area contributed by atoms with Gasteiger partial charge in [0.15, 0.2) is 6.61 Å². The topological polar surface area (TPSA) is 171 Å². The molecule has 1 aliphatic heterocycles. The second-order valence-electron chi connectivity index (χ2n) is 12.0. The van der Waals surface area contributed by atoms with Crippen LogP contribution in [-0.2, 0) is 29.7 Å². The van der Waals surface area contributed by atoms with E-state index in [0.29, 0.717) is 35.5 Å². The van der Waals surface area contributed by atoms with Crippen LogP contribution in [0.15, 0.2) is 82.6 Å². The number of nitrogens with zero attached hydrogens (tertiary/aromatic N) is 1. The number of unbranched alkanes of at least 4 members (excludes halogenated alkanes) is 2. The number of anilines is 2. The first-order valence-corrected chi connectivity index (χ1v) is 20.4. The van der Waals surface area contributed by atoms with Crippen LogP contribution in [0.25, 0.3) is 0 Å². The number of rotatable bonds is 16. The molecule has 12 nitrogen and oxygen atoms in total. The van der Waals surface area contributed by atoms with Crippen molar-refractivity contribution in [3.05, 3.63) is 78.4 Å². The van der Waals surface area contributed by atoms with Gasteiger partial charge in [-0.25, -0.2) is 13.1 Å². The number of amides is 2. The monoisotopic (exact) mass is 732 g/mol. The highest BCUT2D eigenvalue weighted by atomic mass is 32.2. The van der Waals surface area contributed by atoms with Crippen molar-refractivity contribution >= 4 is 55.1 Å². The van der Waals surface area contributed by atoms with Crippen LogP contribution in [-0.4, -0.2) is 64.0 Å². The maximum Gasteiger partial charge on any atom is 0.283 e. The Balaban J connectivity index is 1.68. The molecule has 0 fully saturated rings. The first-order chi connectivity index (χ1) is 23.3. The number of hydrogen-bond donors (Lipinski definition) is 4. The molecule has 3 aromatic carbocycles.